The van der Waals surface area contributed by atoms with Crippen molar-refractivity contribution < 1.29 is 14.6 Å². The number of aliphatic hydroxyl groups excluding tert-OH is 1. The number of rotatable bonds is 8. The van der Waals surface area contributed by atoms with Crippen LogP contribution in [-0.2, 0) is 17.8 Å². The average molecular weight is 480 g/mol. The lowest BCUT2D eigenvalue weighted by atomic mass is 10.0. The lowest BCUT2D eigenvalue weighted by Gasteiger charge is -2.41. The fourth-order valence-corrected chi connectivity index (χ4v) is 3.88. The highest BCUT2D eigenvalue weighted by atomic mass is 16.5. The van der Waals surface area contributed by atoms with Gasteiger partial charge >= 0.3 is 6.03 Å². The van der Waals surface area contributed by atoms with Crippen molar-refractivity contribution in [2.75, 3.05) is 25.0 Å². The number of urea groups is 1. The number of nitrogens with zero attached hydrogens (tertiary/aromatic N) is 5. The van der Waals surface area contributed by atoms with Gasteiger partial charge in [-0.25, -0.2) is 14.8 Å². The van der Waals surface area contributed by atoms with E-state index in [1.54, 1.807) is 28.2 Å². The molecule has 0 unspecified atom stereocenters. The van der Waals surface area contributed by atoms with Crippen LogP contribution < -0.4 is 10.6 Å². The zero-order valence-electron chi connectivity index (χ0n) is 20.7. The fraction of sp³-hybridized carbons (Fsp3) is 0.440. The molecule has 3 heterocycles. The minimum atomic E-state index is -0.198. The van der Waals surface area contributed by atoms with Crippen molar-refractivity contribution in [2.45, 2.75) is 52.5 Å². The molecule has 35 heavy (non-hydrogen) atoms. The van der Waals surface area contributed by atoms with Gasteiger partial charge in [0, 0.05) is 24.5 Å². The molecule has 1 aromatic carbocycles. The molecule has 10 nitrogen and oxygen atoms in total. The van der Waals surface area contributed by atoms with E-state index < -0.39 is 0 Å². The van der Waals surface area contributed by atoms with Crippen molar-refractivity contribution in [1.82, 2.24) is 30.0 Å². The van der Waals surface area contributed by atoms with Crippen molar-refractivity contribution >= 4 is 17.7 Å². The molecule has 0 saturated carbocycles. The predicted molar refractivity (Wildman–Crippen MR) is 133 cm³/mol. The zero-order chi connectivity index (χ0) is 25.0. The summed E-state index contributed by atoms with van der Waals surface area (Å²) >= 11 is 0. The van der Waals surface area contributed by atoms with Crippen molar-refractivity contribution in [2.24, 2.45) is 0 Å². The second-order valence-corrected chi connectivity index (χ2v) is 9.66. The van der Waals surface area contributed by atoms with Gasteiger partial charge in [-0.1, -0.05) is 12.1 Å². The molecule has 1 aliphatic rings. The summed E-state index contributed by atoms with van der Waals surface area (Å²) in [7, 11) is 0. The molecule has 2 amide bonds. The molecule has 0 bridgehead atoms. The molecule has 0 radical (unpaired) electrons. The maximum Gasteiger partial charge on any atom is 0.317 e. The molecule has 1 fully saturated rings. The van der Waals surface area contributed by atoms with Crippen LogP contribution in [0.5, 0.6) is 0 Å². The van der Waals surface area contributed by atoms with Crippen LogP contribution in [0.25, 0.3) is 11.3 Å². The molecule has 186 valence electrons. The summed E-state index contributed by atoms with van der Waals surface area (Å²) in [5.74, 6) is 0.461. The first-order chi connectivity index (χ1) is 16.7. The minimum absolute atomic E-state index is 0.0251. The number of aromatic nitrogens is 4. The van der Waals surface area contributed by atoms with Crippen LogP contribution in [0.3, 0.4) is 0 Å². The van der Waals surface area contributed by atoms with Crippen molar-refractivity contribution in [3.63, 3.8) is 0 Å². The van der Waals surface area contributed by atoms with Gasteiger partial charge in [-0.05, 0) is 51.0 Å². The molecule has 10 heteroatoms. The Morgan fingerprint density at radius 3 is 2.77 bits per heavy atom. The summed E-state index contributed by atoms with van der Waals surface area (Å²) in [5, 5.41) is 19.3. The van der Waals surface area contributed by atoms with Gasteiger partial charge in [0.15, 0.2) is 0 Å². The van der Waals surface area contributed by atoms with Crippen LogP contribution >= 0.6 is 0 Å². The molecule has 2 aromatic heterocycles. The van der Waals surface area contributed by atoms with Gasteiger partial charge in [0.05, 0.1) is 55.5 Å². The molecule has 0 aliphatic carbocycles. The highest BCUT2D eigenvalue weighted by Crippen LogP contribution is 2.23. The van der Waals surface area contributed by atoms with E-state index in [2.05, 4.69) is 31.8 Å². The van der Waals surface area contributed by atoms with Crippen molar-refractivity contribution in [3.05, 3.63) is 54.0 Å². The highest BCUT2D eigenvalue weighted by molar-refractivity contribution is 5.75. The Labute approximate surface area is 205 Å². The van der Waals surface area contributed by atoms with E-state index in [9.17, 15) is 4.79 Å². The number of nitrogens with one attached hydrogen (secondary N) is 2. The van der Waals surface area contributed by atoms with E-state index in [0.717, 1.165) is 28.1 Å². The molecule has 3 N–H and O–H groups in total. The van der Waals surface area contributed by atoms with Crippen LogP contribution in [0.4, 0.5) is 16.4 Å². The Kier molecular flexibility index (Phi) is 7.32. The maximum atomic E-state index is 12.5. The van der Waals surface area contributed by atoms with E-state index in [1.807, 2.05) is 45.9 Å². The number of amides is 2. The molecule has 4 rings (SSSR count). The first-order valence-electron chi connectivity index (χ1n) is 11.7. The fourth-order valence-electron chi connectivity index (χ4n) is 3.88. The van der Waals surface area contributed by atoms with Crippen molar-refractivity contribution in [1.29, 1.82) is 0 Å². The predicted octanol–water partition coefficient (Wildman–Crippen LogP) is 3.09. The van der Waals surface area contributed by atoms with Crippen LogP contribution in [0.1, 0.15) is 31.9 Å². The molecule has 0 atom stereocenters. The number of ether oxygens (including phenoxy) is 1. The highest BCUT2D eigenvalue weighted by Gasteiger charge is 2.33. The number of likely N-dealkylation sites (tertiary alicyclic amines) is 1. The number of anilines is 2. The number of hydrogen-bond donors (Lipinski definition) is 3. The summed E-state index contributed by atoms with van der Waals surface area (Å²) in [6.07, 6.45) is 5.26. The van der Waals surface area contributed by atoms with Crippen LogP contribution in [0, 0.1) is 6.92 Å². The normalized spacial score (nSPS) is 14.0. The van der Waals surface area contributed by atoms with Gasteiger partial charge in [0.25, 0.3) is 0 Å². The topological polar surface area (TPSA) is 117 Å². The largest absolute Gasteiger partial charge is 0.394 e. The smallest absolute Gasteiger partial charge is 0.317 e. The summed E-state index contributed by atoms with van der Waals surface area (Å²) in [6.45, 7) is 10.2. The summed E-state index contributed by atoms with van der Waals surface area (Å²) < 4.78 is 7.54. The third-order valence-corrected chi connectivity index (χ3v) is 5.60. The number of aryl methyl sites for hydroxylation is 1. The van der Waals surface area contributed by atoms with E-state index in [4.69, 9.17) is 9.84 Å². The Hall–Kier alpha value is -3.50. The molecule has 1 saturated heterocycles. The number of carbonyl (C=O) groups is 1. The summed E-state index contributed by atoms with van der Waals surface area (Å²) in [5.41, 5.74) is 4.41. The Balaban J connectivity index is 1.33. The van der Waals surface area contributed by atoms with E-state index in [-0.39, 0.29) is 24.3 Å². The van der Waals surface area contributed by atoms with Gasteiger partial charge in [0.2, 0.25) is 5.95 Å². The molecule has 0 spiro atoms. The molecular formula is C25H33N7O3. The average Bonchev–Trinajstić information content (AvgIpc) is 3.21. The second-order valence-electron chi connectivity index (χ2n) is 9.66. The minimum Gasteiger partial charge on any atom is -0.394 e. The van der Waals surface area contributed by atoms with Gasteiger partial charge in [-0.3, -0.25) is 4.68 Å². The van der Waals surface area contributed by atoms with Gasteiger partial charge in [0.1, 0.15) is 0 Å². The first kappa shape index (κ1) is 24.6. The molecular weight excluding hydrogens is 446 g/mol. The number of benzene rings is 1. The Morgan fingerprint density at radius 1 is 1.26 bits per heavy atom. The molecule has 1 aliphatic heterocycles. The van der Waals surface area contributed by atoms with Crippen molar-refractivity contribution in [3.8, 4) is 11.3 Å². The van der Waals surface area contributed by atoms with Gasteiger partial charge in [-0.15, -0.1) is 0 Å². The third kappa shape index (κ3) is 6.55. The first-order valence-corrected chi connectivity index (χ1v) is 11.7. The lowest BCUT2D eigenvalue weighted by Crippen LogP contribution is -2.59. The lowest BCUT2D eigenvalue weighted by molar-refractivity contribution is -0.111. The summed E-state index contributed by atoms with van der Waals surface area (Å²) in [4.78, 5) is 23.1. The summed E-state index contributed by atoms with van der Waals surface area (Å²) in [6, 6.07) is 7.86. The Bertz CT molecular complexity index is 1170. The number of aliphatic hydroxyl groups is 1. The maximum absolute atomic E-state index is 12.5. The monoisotopic (exact) mass is 479 g/mol. The quantitative estimate of drug-likeness (QED) is 0.454. The third-order valence-electron chi connectivity index (χ3n) is 5.60. The molecule has 3 aromatic rings. The zero-order valence-corrected chi connectivity index (χ0v) is 20.7. The van der Waals surface area contributed by atoms with E-state index in [0.29, 0.717) is 32.1 Å². The van der Waals surface area contributed by atoms with Crippen LogP contribution in [-0.4, -0.2) is 67.2 Å². The Morgan fingerprint density at radius 2 is 2.06 bits per heavy atom. The van der Waals surface area contributed by atoms with Crippen LogP contribution in [0.2, 0.25) is 0 Å². The van der Waals surface area contributed by atoms with Crippen LogP contribution in [0.15, 0.2) is 42.9 Å². The van der Waals surface area contributed by atoms with Gasteiger partial charge in [-0.2, -0.15) is 5.10 Å². The SMILES string of the molecule is Cc1cc(-c2ccnc(Nc3cnn(CCO)c3)n2)ccc1CNC(=O)N1CC(OC(C)(C)C)C1. The standard InChI is InChI=1S/C25H33N7O3/c1-17-11-18(22-7-8-26-23(30-22)29-20-13-28-32(14-20)9-10-33)5-6-19(17)12-27-24(34)31-15-21(16-31)35-25(2,3)4/h5-8,11,13-14,21,33H,9-10,12,15-16H2,1-4H3,(H,27,34)(H,26,29,30). The second kappa shape index (κ2) is 10.4. The number of carbonyl (C=O) groups excluding carboxylic acids is 1. The number of hydrogen-bond acceptors (Lipinski definition) is 7. The van der Waals surface area contributed by atoms with E-state index in [1.165, 1.54) is 0 Å². The van der Waals surface area contributed by atoms with E-state index >= 15 is 0 Å². The van der Waals surface area contributed by atoms with Gasteiger partial charge < -0.3 is 25.4 Å².